The number of hydrogen-bond acceptors (Lipinski definition) is 2. The smallest absolute Gasteiger partial charge is 0.257 e. The molecule has 1 heterocycles. The fraction of sp³-hybridized carbons (Fsp3) is 0.889. The summed E-state index contributed by atoms with van der Waals surface area (Å²) in [5, 5.41) is 0. The molecule has 1 aliphatic rings. The molecule has 76 valence electrons. The second kappa shape index (κ2) is 4.13. The zero-order valence-electron chi connectivity index (χ0n) is 7.80. The van der Waals surface area contributed by atoms with Gasteiger partial charge in [-0.05, 0) is 25.9 Å². The van der Waals surface area contributed by atoms with E-state index in [1.165, 1.54) is 0 Å². The highest BCUT2D eigenvalue weighted by atomic mass is 19.3. The number of likely N-dealkylation sites (tertiary alicyclic amines) is 1. The lowest BCUT2D eigenvalue weighted by molar-refractivity contribution is -0.112. The van der Waals surface area contributed by atoms with Crippen molar-refractivity contribution in [2.45, 2.75) is 25.7 Å². The lowest BCUT2D eigenvalue weighted by Crippen LogP contribution is -2.40. The van der Waals surface area contributed by atoms with E-state index >= 15 is 0 Å². The Kier molecular flexibility index (Phi) is 3.36. The average Bonchev–Trinajstić information content (AvgIpc) is 2.03. The summed E-state index contributed by atoms with van der Waals surface area (Å²) in [4.78, 5) is 12.1. The summed E-state index contributed by atoms with van der Waals surface area (Å²) in [6.07, 6.45) is 2.38. The van der Waals surface area contributed by atoms with Crippen LogP contribution in [0.3, 0.4) is 0 Å². The number of piperidine rings is 1. The van der Waals surface area contributed by atoms with Crippen LogP contribution in [0.15, 0.2) is 0 Å². The Morgan fingerprint density at radius 2 is 2.00 bits per heavy atom. The van der Waals surface area contributed by atoms with Gasteiger partial charge in [-0.1, -0.05) is 0 Å². The van der Waals surface area contributed by atoms with Crippen LogP contribution in [0.2, 0.25) is 0 Å². The van der Waals surface area contributed by atoms with Crippen molar-refractivity contribution >= 4 is 6.29 Å². The monoisotopic (exact) mass is 191 g/mol. The third kappa shape index (κ3) is 3.81. The molecule has 0 atom stereocenters. The van der Waals surface area contributed by atoms with E-state index in [0.29, 0.717) is 13.1 Å². The van der Waals surface area contributed by atoms with Gasteiger partial charge in [0, 0.05) is 12.8 Å². The third-order valence-corrected chi connectivity index (χ3v) is 2.33. The zero-order valence-corrected chi connectivity index (χ0v) is 7.80. The molecule has 0 bridgehead atoms. The first kappa shape index (κ1) is 10.6. The fourth-order valence-corrected chi connectivity index (χ4v) is 1.64. The minimum absolute atomic E-state index is 0.0849. The Morgan fingerprint density at radius 3 is 2.38 bits per heavy atom. The predicted octanol–water partition coefficient (Wildman–Crippen LogP) is 1.55. The molecule has 2 nitrogen and oxygen atoms in total. The summed E-state index contributed by atoms with van der Waals surface area (Å²) < 4.78 is 25.1. The molecule has 0 aromatic heterocycles. The first-order chi connectivity index (χ1) is 6.01. The fourth-order valence-electron chi connectivity index (χ4n) is 1.64. The normalized spacial score (nSPS) is 21.8. The molecule has 0 N–H and O–H groups in total. The van der Waals surface area contributed by atoms with Gasteiger partial charge in [0.2, 0.25) is 0 Å². The maximum absolute atomic E-state index is 12.6. The number of alkyl halides is 2. The van der Waals surface area contributed by atoms with E-state index in [1.54, 1.807) is 4.90 Å². The summed E-state index contributed by atoms with van der Waals surface area (Å²) in [6, 6.07) is 0. The van der Waals surface area contributed by atoms with Crippen LogP contribution in [0.1, 0.15) is 19.8 Å². The number of nitrogens with zero attached hydrogens (tertiary/aromatic N) is 1. The van der Waals surface area contributed by atoms with Gasteiger partial charge < -0.3 is 4.79 Å². The van der Waals surface area contributed by atoms with Crippen LogP contribution in [0.4, 0.5) is 8.78 Å². The van der Waals surface area contributed by atoms with Gasteiger partial charge in [0.25, 0.3) is 5.92 Å². The van der Waals surface area contributed by atoms with Crippen LogP contribution in [-0.2, 0) is 4.79 Å². The molecule has 0 aromatic carbocycles. The summed E-state index contributed by atoms with van der Waals surface area (Å²) in [5.41, 5.74) is 0. The van der Waals surface area contributed by atoms with Crippen LogP contribution < -0.4 is 0 Å². The van der Waals surface area contributed by atoms with Crippen LogP contribution in [-0.4, -0.2) is 36.7 Å². The van der Waals surface area contributed by atoms with Crippen LogP contribution in [0, 0.1) is 5.92 Å². The maximum Gasteiger partial charge on any atom is 0.257 e. The van der Waals surface area contributed by atoms with Gasteiger partial charge >= 0.3 is 0 Å². The topological polar surface area (TPSA) is 20.3 Å². The molecular weight excluding hydrogens is 176 g/mol. The summed E-state index contributed by atoms with van der Waals surface area (Å²) in [5.74, 6) is -2.53. The molecule has 0 unspecified atom stereocenters. The Labute approximate surface area is 76.9 Å². The molecule has 0 spiro atoms. The molecule has 0 saturated carbocycles. The van der Waals surface area contributed by atoms with Crippen molar-refractivity contribution < 1.29 is 13.6 Å². The minimum atomic E-state index is -2.62. The van der Waals surface area contributed by atoms with E-state index in [1.807, 2.05) is 0 Å². The number of hydrogen-bond donors (Lipinski definition) is 0. The van der Waals surface area contributed by atoms with E-state index in [0.717, 1.165) is 26.1 Å². The molecule has 0 aliphatic carbocycles. The van der Waals surface area contributed by atoms with Crippen molar-refractivity contribution in [3.63, 3.8) is 0 Å². The van der Waals surface area contributed by atoms with Crippen LogP contribution >= 0.6 is 0 Å². The van der Waals surface area contributed by atoms with Gasteiger partial charge in [-0.2, -0.15) is 0 Å². The van der Waals surface area contributed by atoms with Crippen LogP contribution in [0.25, 0.3) is 0 Å². The molecule has 1 aliphatic heterocycles. The minimum Gasteiger partial charge on any atom is -0.303 e. The van der Waals surface area contributed by atoms with Crippen molar-refractivity contribution in [1.82, 2.24) is 4.90 Å². The Hall–Kier alpha value is -0.510. The quantitative estimate of drug-likeness (QED) is 0.631. The Bertz CT molecular complexity index is 171. The zero-order chi connectivity index (χ0) is 9.90. The van der Waals surface area contributed by atoms with E-state index in [-0.39, 0.29) is 12.5 Å². The largest absolute Gasteiger partial charge is 0.303 e. The van der Waals surface area contributed by atoms with Crippen molar-refractivity contribution in [3.05, 3.63) is 0 Å². The molecule has 0 aromatic rings. The highest BCUT2D eigenvalue weighted by molar-refractivity contribution is 5.53. The van der Waals surface area contributed by atoms with Gasteiger partial charge in [-0.25, -0.2) is 8.78 Å². The number of aldehydes is 1. The number of halogens is 2. The Balaban J connectivity index is 2.29. The molecule has 0 amide bonds. The molecule has 1 saturated heterocycles. The Morgan fingerprint density at radius 1 is 1.46 bits per heavy atom. The summed E-state index contributed by atoms with van der Waals surface area (Å²) in [7, 11) is 0. The lowest BCUT2D eigenvalue weighted by Gasteiger charge is -2.31. The van der Waals surface area contributed by atoms with Gasteiger partial charge in [0.1, 0.15) is 6.29 Å². The summed E-state index contributed by atoms with van der Waals surface area (Å²) >= 11 is 0. The number of carbonyl (C=O) groups excluding carboxylic acids is 1. The maximum atomic E-state index is 12.6. The number of rotatable bonds is 3. The molecule has 4 heteroatoms. The SMILES string of the molecule is CC(F)(F)CN1CCC(C=O)CC1. The van der Waals surface area contributed by atoms with Gasteiger partial charge in [0.05, 0.1) is 6.54 Å². The van der Waals surface area contributed by atoms with E-state index in [2.05, 4.69) is 0 Å². The molecule has 13 heavy (non-hydrogen) atoms. The predicted molar refractivity (Wildman–Crippen MR) is 45.8 cm³/mol. The first-order valence-electron chi connectivity index (χ1n) is 4.57. The second-order valence-electron chi connectivity index (χ2n) is 3.82. The first-order valence-corrected chi connectivity index (χ1v) is 4.57. The standard InChI is InChI=1S/C9H15F2NO/c1-9(10,11)7-12-4-2-8(6-13)3-5-12/h6,8H,2-5,7H2,1H3. The van der Waals surface area contributed by atoms with E-state index < -0.39 is 5.92 Å². The van der Waals surface area contributed by atoms with Crippen molar-refractivity contribution in [2.24, 2.45) is 5.92 Å². The lowest BCUT2D eigenvalue weighted by atomic mass is 9.98. The highest BCUT2D eigenvalue weighted by Crippen LogP contribution is 2.19. The molecule has 1 fully saturated rings. The summed E-state index contributed by atoms with van der Waals surface area (Å²) in [6.45, 7) is 1.98. The van der Waals surface area contributed by atoms with E-state index in [4.69, 9.17) is 0 Å². The van der Waals surface area contributed by atoms with Gasteiger partial charge in [0.15, 0.2) is 0 Å². The number of carbonyl (C=O) groups is 1. The second-order valence-corrected chi connectivity index (χ2v) is 3.82. The van der Waals surface area contributed by atoms with Gasteiger partial charge in [-0.3, -0.25) is 4.90 Å². The van der Waals surface area contributed by atoms with Gasteiger partial charge in [-0.15, -0.1) is 0 Å². The average molecular weight is 191 g/mol. The van der Waals surface area contributed by atoms with Crippen molar-refractivity contribution in [3.8, 4) is 0 Å². The third-order valence-electron chi connectivity index (χ3n) is 2.33. The highest BCUT2D eigenvalue weighted by Gasteiger charge is 2.27. The molecular formula is C9H15F2NO. The van der Waals surface area contributed by atoms with Crippen LogP contribution in [0.5, 0.6) is 0 Å². The molecule has 1 rings (SSSR count). The molecule has 0 radical (unpaired) electrons. The van der Waals surface area contributed by atoms with Crippen molar-refractivity contribution in [2.75, 3.05) is 19.6 Å². The van der Waals surface area contributed by atoms with E-state index in [9.17, 15) is 13.6 Å². The van der Waals surface area contributed by atoms with Crippen molar-refractivity contribution in [1.29, 1.82) is 0 Å².